The fraction of sp³-hybridized carbons (Fsp3) is 0.429. The molecule has 34 heavy (non-hydrogen) atoms. The van der Waals surface area contributed by atoms with Gasteiger partial charge >= 0.3 is 0 Å². The van der Waals surface area contributed by atoms with Crippen molar-refractivity contribution in [3.05, 3.63) is 64.9 Å². The Kier molecular flexibility index (Phi) is 6.90. The number of methoxy groups -OCH3 is 1. The van der Waals surface area contributed by atoms with Crippen molar-refractivity contribution < 1.29 is 9.84 Å². The number of likely N-dealkylation sites (tertiary alicyclic amines) is 1. The molecule has 2 aliphatic heterocycles. The number of ether oxygens (including phenoxy) is 1. The van der Waals surface area contributed by atoms with Crippen LogP contribution in [0.5, 0.6) is 5.75 Å². The maximum Gasteiger partial charge on any atom is 0.126 e. The van der Waals surface area contributed by atoms with Crippen molar-refractivity contribution in [3.63, 3.8) is 0 Å². The van der Waals surface area contributed by atoms with Crippen molar-refractivity contribution in [1.29, 1.82) is 0 Å². The molecule has 1 aromatic heterocycles. The quantitative estimate of drug-likeness (QED) is 0.445. The number of anilines is 1. The third kappa shape index (κ3) is 4.71. The Morgan fingerprint density at radius 1 is 1.18 bits per heavy atom. The van der Waals surface area contributed by atoms with Gasteiger partial charge in [-0.05, 0) is 68.3 Å². The van der Waals surface area contributed by atoms with E-state index in [1.807, 2.05) is 24.4 Å². The van der Waals surface area contributed by atoms with Gasteiger partial charge in [0.2, 0.25) is 0 Å². The van der Waals surface area contributed by atoms with Crippen molar-refractivity contribution in [1.82, 2.24) is 15.2 Å². The normalized spacial score (nSPS) is 22.5. The van der Waals surface area contributed by atoms with Crippen LogP contribution in [0.25, 0.3) is 17.2 Å². The molecular weight excluding hydrogens is 424 g/mol. The molecule has 4 N–H and O–H groups in total. The van der Waals surface area contributed by atoms with Crippen molar-refractivity contribution in [2.24, 2.45) is 0 Å². The number of aliphatic hydroxyl groups excluding tert-OH is 1. The Morgan fingerprint density at radius 3 is 2.85 bits per heavy atom. The van der Waals surface area contributed by atoms with E-state index in [1.54, 1.807) is 7.11 Å². The second kappa shape index (κ2) is 10.2. The molecule has 1 saturated heterocycles. The Labute approximate surface area is 202 Å². The lowest BCUT2D eigenvalue weighted by molar-refractivity contribution is 0.206. The number of para-hydroxylation sites is 1. The molecule has 2 aromatic rings. The van der Waals surface area contributed by atoms with E-state index in [0.29, 0.717) is 12.5 Å². The molecule has 2 unspecified atom stereocenters. The molecule has 0 saturated carbocycles. The maximum atomic E-state index is 10.9. The number of aliphatic hydroxyl groups is 1. The van der Waals surface area contributed by atoms with Crippen LogP contribution in [0.1, 0.15) is 31.2 Å². The lowest BCUT2D eigenvalue weighted by Crippen LogP contribution is -2.31. The Hall–Kier alpha value is -2.80. The smallest absolute Gasteiger partial charge is 0.126 e. The summed E-state index contributed by atoms with van der Waals surface area (Å²) < 4.78 is 5.59. The topological polar surface area (TPSA) is 72.5 Å². The third-order valence-electron chi connectivity index (χ3n) is 7.50. The molecule has 3 aliphatic rings. The molecule has 6 heteroatoms. The van der Waals surface area contributed by atoms with Crippen LogP contribution in [-0.4, -0.2) is 67.5 Å². The summed E-state index contributed by atoms with van der Waals surface area (Å²) >= 11 is 0. The first kappa shape index (κ1) is 23.0. The minimum Gasteiger partial charge on any atom is -0.496 e. The zero-order chi connectivity index (χ0) is 23.5. The summed E-state index contributed by atoms with van der Waals surface area (Å²) in [5.74, 6) is 1.88. The minimum absolute atomic E-state index is 0.441. The standard InChI is InChI=1S/C28H36N4O2/c1-32-13-5-6-22(32)11-12-29-16-20-10-9-19(15-26(20)33)21-14-24-25(18-31-28(24)30-17-21)23-7-3-4-8-27(23)34-2/h3-4,7-10,14,18,22,26,29-31,33H,5-6,11-13,15-17H2,1-2H3. The summed E-state index contributed by atoms with van der Waals surface area (Å²) in [6, 6.07) is 8.79. The van der Waals surface area contributed by atoms with Crippen LogP contribution in [-0.2, 0) is 0 Å². The fourth-order valence-electron chi connectivity index (χ4n) is 5.42. The van der Waals surface area contributed by atoms with Gasteiger partial charge in [-0.1, -0.05) is 30.4 Å². The molecule has 1 fully saturated rings. The first-order valence-electron chi connectivity index (χ1n) is 12.4. The number of nitrogens with zero attached hydrogens (tertiary/aromatic N) is 1. The second-order valence-corrected chi connectivity index (χ2v) is 9.61. The highest BCUT2D eigenvalue weighted by molar-refractivity contribution is 5.87. The molecule has 0 spiro atoms. The summed E-state index contributed by atoms with van der Waals surface area (Å²) in [5.41, 5.74) is 6.79. The molecule has 1 aliphatic carbocycles. The number of hydrogen-bond donors (Lipinski definition) is 4. The number of aromatic nitrogens is 1. The maximum absolute atomic E-state index is 10.9. The highest BCUT2D eigenvalue weighted by Gasteiger charge is 2.24. The highest BCUT2D eigenvalue weighted by atomic mass is 16.5. The fourth-order valence-corrected chi connectivity index (χ4v) is 5.42. The summed E-state index contributed by atoms with van der Waals surface area (Å²) in [7, 11) is 3.93. The predicted molar refractivity (Wildman–Crippen MR) is 139 cm³/mol. The van der Waals surface area contributed by atoms with E-state index in [-0.39, 0.29) is 0 Å². The van der Waals surface area contributed by atoms with E-state index in [0.717, 1.165) is 53.5 Å². The van der Waals surface area contributed by atoms with E-state index in [4.69, 9.17) is 4.74 Å². The zero-order valence-corrected chi connectivity index (χ0v) is 20.2. The summed E-state index contributed by atoms with van der Waals surface area (Å²) in [5, 5.41) is 17.9. The van der Waals surface area contributed by atoms with Crippen molar-refractivity contribution in [2.45, 2.75) is 37.8 Å². The molecule has 2 atom stereocenters. The third-order valence-corrected chi connectivity index (χ3v) is 7.50. The molecule has 1 aromatic carbocycles. The molecule has 0 radical (unpaired) electrons. The van der Waals surface area contributed by atoms with Gasteiger partial charge in [-0.2, -0.15) is 0 Å². The van der Waals surface area contributed by atoms with E-state index >= 15 is 0 Å². The average Bonchev–Trinajstić information content (AvgIpc) is 3.47. The number of hydrogen-bond acceptors (Lipinski definition) is 5. The highest BCUT2D eigenvalue weighted by Crippen LogP contribution is 2.39. The van der Waals surface area contributed by atoms with Gasteiger partial charge in [0.25, 0.3) is 0 Å². The lowest BCUT2D eigenvalue weighted by Gasteiger charge is -2.25. The van der Waals surface area contributed by atoms with Gasteiger partial charge in [0.05, 0.1) is 13.2 Å². The van der Waals surface area contributed by atoms with Gasteiger partial charge in [-0.25, -0.2) is 0 Å². The number of allylic oxidation sites excluding steroid dienone is 2. The first-order valence-corrected chi connectivity index (χ1v) is 12.4. The van der Waals surface area contributed by atoms with Crippen LogP contribution in [0.2, 0.25) is 0 Å². The van der Waals surface area contributed by atoms with Crippen molar-refractivity contribution >= 4 is 11.9 Å². The zero-order valence-electron chi connectivity index (χ0n) is 20.2. The number of benzene rings is 1. The molecule has 6 nitrogen and oxygen atoms in total. The van der Waals surface area contributed by atoms with E-state index < -0.39 is 6.10 Å². The number of rotatable bonds is 8. The molecule has 0 bridgehead atoms. The van der Waals surface area contributed by atoms with Gasteiger partial charge in [-0.3, -0.25) is 0 Å². The van der Waals surface area contributed by atoms with Crippen molar-refractivity contribution in [2.75, 3.05) is 45.7 Å². The van der Waals surface area contributed by atoms with Crippen LogP contribution in [0.15, 0.2) is 59.3 Å². The summed E-state index contributed by atoms with van der Waals surface area (Å²) in [6.45, 7) is 3.70. The monoisotopic (exact) mass is 460 g/mol. The van der Waals surface area contributed by atoms with Crippen LogP contribution < -0.4 is 15.4 Å². The molecule has 0 amide bonds. The van der Waals surface area contributed by atoms with Gasteiger partial charge in [-0.15, -0.1) is 0 Å². The van der Waals surface area contributed by atoms with Gasteiger partial charge in [0.1, 0.15) is 11.6 Å². The summed E-state index contributed by atoms with van der Waals surface area (Å²) in [4.78, 5) is 5.83. The van der Waals surface area contributed by atoms with Gasteiger partial charge in [0.15, 0.2) is 0 Å². The number of nitrogens with one attached hydrogen (secondary N) is 3. The summed E-state index contributed by atoms with van der Waals surface area (Å²) in [6.07, 6.45) is 12.6. The average molecular weight is 461 g/mol. The van der Waals surface area contributed by atoms with E-state index in [9.17, 15) is 5.11 Å². The second-order valence-electron chi connectivity index (χ2n) is 9.61. The Balaban J connectivity index is 1.27. The first-order chi connectivity index (χ1) is 16.6. The molecule has 180 valence electrons. The number of fused-ring (bicyclic) bond motifs is 1. The Morgan fingerprint density at radius 2 is 2.06 bits per heavy atom. The predicted octanol–water partition coefficient (Wildman–Crippen LogP) is 4.19. The largest absolute Gasteiger partial charge is 0.496 e. The van der Waals surface area contributed by atoms with Crippen LogP contribution >= 0.6 is 0 Å². The van der Waals surface area contributed by atoms with E-state index in [2.05, 4.69) is 51.9 Å². The lowest BCUT2D eigenvalue weighted by atomic mass is 9.88. The van der Waals surface area contributed by atoms with Gasteiger partial charge in [0, 0.05) is 48.4 Å². The van der Waals surface area contributed by atoms with Crippen molar-refractivity contribution in [3.8, 4) is 16.9 Å². The molecular formula is C28H36N4O2. The van der Waals surface area contributed by atoms with Crippen LogP contribution in [0, 0.1) is 0 Å². The molecule has 5 rings (SSSR count). The minimum atomic E-state index is -0.441. The SMILES string of the molecule is COc1ccccc1-c1c[nH]c2c1C=C(C1=CC=C(CNCCC3CCCN3C)C(O)C1)CN2. The van der Waals surface area contributed by atoms with Gasteiger partial charge < -0.3 is 30.4 Å². The Bertz CT molecular complexity index is 1110. The van der Waals surface area contributed by atoms with E-state index in [1.165, 1.54) is 37.0 Å². The van der Waals surface area contributed by atoms with Crippen LogP contribution in [0.4, 0.5) is 5.82 Å². The van der Waals surface area contributed by atoms with Crippen LogP contribution in [0.3, 0.4) is 0 Å². The number of aromatic amines is 1. The number of H-pyrrole nitrogens is 1. The molecule has 3 heterocycles.